The van der Waals surface area contributed by atoms with Gasteiger partial charge in [0.25, 0.3) is 0 Å². The second-order valence-corrected chi connectivity index (χ2v) is 8.02. The largest absolute Gasteiger partial charge is 0.367 e. The van der Waals surface area contributed by atoms with Crippen molar-refractivity contribution in [3.8, 4) is 0 Å². The zero-order valence-electron chi connectivity index (χ0n) is 13.8. The molecule has 7 heteroatoms. The molecule has 2 aliphatic carbocycles. The number of aromatic nitrogens is 3. The summed E-state index contributed by atoms with van der Waals surface area (Å²) < 4.78 is 16.7. The van der Waals surface area contributed by atoms with Crippen molar-refractivity contribution in [2.45, 2.75) is 44.7 Å². The number of rotatable bonds is 4. The Hall–Kier alpha value is -1.40. The maximum absolute atomic E-state index is 14.9. The number of nitrogens with one attached hydrogen (secondary N) is 2. The number of nitrogens with zero attached hydrogens (tertiary/aromatic N) is 3. The zero-order chi connectivity index (χ0) is 16.6. The van der Waals surface area contributed by atoms with E-state index in [0.717, 1.165) is 37.0 Å². The molecule has 24 heavy (non-hydrogen) atoms. The highest BCUT2D eigenvalue weighted by Gasteiger charge is 2.56. The van der Waals surface area contributed by atoms with Crippen molar-refractivity contribution in [2.75, 3.05) is 18.4 Å². The molecule has 0 spiro atoms. The van der Waals surface area contributed by atoms with Gasteiger partial charge in [0, 0.05) is 12.0 Å². The molecule has 0 aromatic carbocycles. The minimum absolute atomic E-state index is 0.0725. The second-order valence-electron chi connectivity index (χ2n) is 7.66. The van der Waals surface area contributed by atoms with Crippen molar-refractivity contribution < 1.29 is 4.39 Å². The lowest BCUT2D eigenvalue weighted by molar-refractivity contribution is 0.592. The maximum Gasteiger partial charge on any atom is 0.186 e. The molecule has 2 aromatic heterocycles. The van der Waals surface area contributed by atoms with Crippen LogP contribution in [0.25, 0.3) is 10.9 Å². The van der Waals surface area contributed by atoms with Gasteiger partial charge in [-0.2, -0.15) is 5.10 Å². The van der Waals surface area contributed by atoms with E-state index >= 15 is 0 Å². The number of pyridine rings is 1. The highest BCUT2D eigenvalue weighted by Crippen LogP contribution is 2.58. The monoisotopic (exact) mass is 349 g/mol. The smallest absolute Gasteiger partial charge is 0.186 e. The van der Waals surface area contributed by atoms with Gasteiger partial charge in [0.1, 0.15) is 11.3 Å². The Morgan fingerprint density at radius 2 is 2.00 bits per heavy atom. The molecule has 3 atom stereocenters. The van der Waals surface area contributed by atoms with Crippen molar-refractivity contribution in [1.29, 1.82) is 0 Å². The van der Waals surface area contributed by atoms with E-state index in [1.165, 1.54) is 0 Å². The summed E-state index contributed by atoms with van der Waals surface area (Å²) in [6.07, 6.45) is 2.11. The average Bonchev–Trinajstić information content (AvgIpc) is 3.41. The molecular weight excluding hydrogens is 329 g/mol. The van der Waals surface area contributed by atoms with Crippen LogP contribution in [0.3, 0.4) is 0 Å². The van der Waals surface area contributed by atoms with Crippen LogP contribution in [0.5, 0.6) is 0 Å². The summed E-state index contributed by atoms with van der Waals surface area (Å²) in [4.78, 5) is 4.31. The van der Waals surface area contributed by atoms with Gasteiger partial charge in [-0.15, -0.1) is 0 Å². The summed E-state index contributed by atoms with van der Waals surface area (Å²) >= 11 is 6.10. The fraction of sp³-hybridized carbons (Fsp3) is 0.647. The lowest BCUT2D eigenvalue weighted by Crippen LogP contribution is -2.15. The third-order valence-corrected chi connectivity index (χ3v) is 5.75. The Morgan fingerprint density at radius 1 is 1.29 bits per heavy atom. The summed E-state index contributed by atoms with van der Waals surface area (Å²) in [5.74, 6) is 1.91. The van der Waals surface area contributed by atoms with E-state index in [4.69, 9.17) is 16.7 Å². The Labute approximate surface area is 145 Å². The van der Waals surface area contributed by atoms with Gasteiger partial charge in [-0.25, -0.2) is 9.37 Å². The molecule has 1 unspecified atom stereocenters. The van der Waals surface area contributed by atoms with Gasteiger partial charge in [0.05, 0.1) is 17.1 Å². The fourth-order valence-corrected chi connectivity index (χ4v) is 4.39. The number of anilines is 1. The van der Waals surface area contributed by atoms with Crippen LogP contribution >= 0.6 is 11.6 Å². The van der Waals surface area contributed by atoms with Crippen LogP contribution in [0.15, 0.2) is 0 Å². The summed E-state index contributed by atoms with van der Waals surface area (Å²) in [7, 11) is 0. The molecule has 0 amide bonds. The molecule has 0 radical (unpaired) electrons. The van der Waals surface area contributed by atoms with E-state index in [1.807, 2.05) is 18.5 Å². The maximum atomic E-state index is 14.9. The van der Waals surface area contributed by atoms with Crippen LogP contribution < -0.4 is 10.6 Å². The van der Waals surface area contributed by atoms with Gasteiger partial charge >= 0.3 is 0 Å². The number of fused-ring (bicyclic) bond motifs is 2. The van der Waals surface area contributed by atoms with Crippen molar-refractivity contribution in [2.24, 2.45) is 11.8 Å². The summed E-state index contributed by atoms with van der Waals surface area (Å²) in [5.41, 5.74) is 1.55. The molecule has 5 nitrogen and oxygen atoms in total. The first-order valence-corrected chi connectivity index (χ1v) is 9.18. The minimum Gasteiger partial charge on any atom is -0.367 e. The molecule has 2 saturated carbocycles. The van der Waals surface area contributed by atoms with Gasteiger partial charge in [-0.05, 0) is 51.6 Å². The van der Waals surface area contributed by atoms with Crippen LogP contribution in [0.2, 0.25) is 5.15 Å². The van der Waals surface area contributed by atoms with Crippen LogP contribution in [0.1, 0.15) is 44.3 Å². The molecule has 2 aromatic rings. The van der Waals surface area contributed by atoms with E-state index in [1.54, 1.807) is 0 Å². The number of piperidine rings is 1. The van der Waals surface area contributed by atoms with Gasteiger partial charge in [-0.1, -0.05) is 11.6 Å². The molecule has 1 saturated heterocycles. The van der Waals surface area contributed by atoms with Crippen LogP contribution in [0.4, 0.5) is 10.2 Å². The quantitative estimate of drug-likeness (QED) is 0.831. The van der Waals surface area contributed by atoms with Crippen LogP contribution in [0, 0.1) is 17.7 Å². The Balaban J connectivity index is 1.74. The number of halogens is 2. The third kappa shape index (κ3) is 2.09. The molecular formula is C17H21ClFN5. The summed E-state index contributed by atoms with van der Waals surface area (Å²) in [5, 5.41) is 12.4. The van der Waals surface area contributed by atoms with Crippen molar-refractivity contribution in [3.05, 3.63) is 16.7 Å². The Morgan fingerprint density at radius 3 is 2.62 bits per heavy atom. The lowest BCUT2D eigenvalue weighted by atomic mass is 10.1. The lowest BCUT2D eigenvalue weighted by Gasteiger charge is -2.13. The molecule has 128 valence electrons. The van der Waals surface area contributed by atoms with E-state index in [9.17, 15) is 4.39 Å². The van der Waals surface area contributed by atoms with Crippen LogP contribution in [-0.2, 0) is 0 Å². The highest BCUT2D eigenvalue weighted by molar-refractivity contribution is 6.30. The minimum atomic E-state index is -0.435. The number of hydrogen-bond acceptors (Lipinski definition) is 4. The first kappa shape index (κ1) is 14.9. The first-order chi connectivity index (χ1) is 11.6. The standard InChI is InChI=1S/C17H21ClFN5/c1-7(2)21-17-12-14(11-9-5-20-6-10(9)11)23-24(8-3-4-8)15(12)13(19)16(18)22-17/h7-11,20H,3-6H2,1-2H3,(H,21,22)/t9-,10+,11?. The normalized spacial score (nSPS) is 28.6. The molecule has 0 bridgehead atoms. The highest BCUT2D eigenvalue weighted by atomic mass is 35.5. The van der Waals surface area contributed by atoms with Crippen LogP contribution in [-0.4, -0.2) is 33.9 Å². The second kappa shape index (κ2) is 5.05. The zero-order valence-corrected chi connectivity index (χ0v) is 14.6. The molecule has 1 aliphatic heterocycles. The van der Waals surface area contributed by atoms with Gasteiger partial charge in [0.2, 0.25) is 0 Å². The predicted octanol–water partition coefficient (Wildman–Crippen LogP) is 3.31. The van der Waals surface area contributed by atoms with Gasteiger partial charge in [0.15, 0.2) is 11.0 Å². The van der Waals surface area contributed by atoms with E-state index in [2.05, 4.69) is 15.6 Å². The topological polar surface area (TPSA) is 54.8 Å². The number of hydrogen-bond donors (Lipinski definition) is 2. The summed E-state index contributed by atoms with van der Waals surface area (Å²) in [6.45, 7) is 6.16. The fourth-order valence-electron chi connectivity index (χ4n) is 4.21. The Kier molecular flexibility index (Phi) is 3.14. The van der Waals surface area contributed by atoms with Gasteiger partial charge in [-0.3, -0.25) is 4.68 Å². The van der Waals surface area contributed by atoms with E-state index in [0.29, 0.717) is 35.1 Å². The molecule has 3 fully saturated rings. The SMILES string of the molecule is CC(C)Nc1nc(Cl)c(F)c2c1c(C1[C@H]3CNC[C@@H]13)nn2C1CC1. The predicted molar refractivity (Wildman–Crippen MR) is 92.1 cm³/mol. The average molecular weight is 350 g/mol. The third-order valence-electron chi connectivity index (χ3n) is 5.50. The van der Waals surface area contributed by atoms with Gasteiger partial charge < -0.3 is 10.6 Å². The Bertz CT molecular complexity index is 818. The van der Waals surface area contributed by atoms with E-state index < -0.39 is 5.82 Å². The van der Waals surface area contributed by atoms with E-state index in [-0.39, 0.29) is 11.2 Å². The molecule has 3 heterocycles. The first-order valence-electron chi connectivity index (χ1n) is 8.80. The van der Waals surface area contributed by atoms with Crippen molar-refractivity contribution in [3.63, 3.8) is 0 Å². The van der Waals surface area contributed by atoms with Crippen molar-refractivity contribution >= 4 is 28.3 Å². The molecule has 5 rings (SSSR count). The summed E-state index contributed by atoms with van der Waals surface area (Å²) in [6, 6.07) is 0.498. The molecule has 2 N–H and O–H groups in total. The van der Waals surface area contributed by atoms with Crippen molar-refractivity contribution in [1.82, 2.24) is 20.1 Å². The molecule has 3 aliphatic rings.